The normalized spacial score (nSPS) is 27.3. The molecule has 23 heavy (non-hydrogen) atoms. The largest absolute Gasteiger partial charge is 0.260 e. The van der Waals surface area contributed by atoms with Crippen molar-refractivity contribution in [1.82, 2.24) is 4.98 Å². The number of aromatic nitrogens is 1. The highest BCUT2D eigenvalue weighted by molar-refractivity contribution is 7.98. The lowest BCUT2D eigenvalue weighted by Gasteiger charge is -2.21. The van der Waals surface area contributed by atoms with Crippen molar-refractivity contribution in [1.29, 1.82) is 0 Å². The molecule has 1 aromatic heterocycles. The van der Waals surface area contributed by atoms with Crippen molar-refractivity contribution in [3.8, 4) is 0 Å². The number of aryl methyl sites for hydroxylation is 1. The third-order valence-corrected chi connectivity index (χ3v) is 6.70. The molecule has 120 valence electrons. The zero-order valence-corrected chi connectivity index (χ0v) is 14.9. The molecule has 1 nitrogen and oxygen atoms in total. The van der Waals surface area contributed by atoms with Crippen LogP contribution in [-0.2, 0) is 5.41 Å². The Morgan fingerprint density at radius 3 is 2.39 bits per heavy atom. The first kappa shape index (κ1) is 15.3. The van der Waals surface area contributed by atoms with Crippen LogP contribution in [0, 0.1) is 18.8 Å². The monoisotopic (exact) mass is 323 g/mol. The van der Waals surface area contributed by atoms with Gasteiger partial charge in [0, 0.05) is 16.5 Å². The van der Waals surface area contributed by atoms with Gasteiger partial charge in [0.15, 0.2) is 0 Å². The van der Waals surface area contributed by atoms with E-state index in [1.54, 1.807) is 0 Å². The van der Waals surface area contributed by atoms with Crippen LogP contribution in [0.15, 0.2) is 47.5 Å². The number of nitrogens with zero attached hydrogens (tertiary/aromatic N) is 1. The standard InChI is InChI=1S/C21H25NS/c1-15-7-12-20(22-14-15)21(13-19(21)16-5-3-4-6-16)17-8-10-18(23-2)11-9-17/h7-12,14,16,19H,3-6,13H2,1-2H3. The topological polar surface area (TPSA) is 12.9 Å². The molecule has 2 atom stereocenters. The summed E-state index contributed by atoms with van der Waals surface area (Å²) in [6.45, 7) is 2.12. The van der Waals surface area contributed by atoms with E-state index in [-0.39, 0.29) is 5.41 Å². The van der Waals surface area contributed by atoms with Crippen LogP contribution in [0.25, 0.3) is 0 Å². The maximum absolute atomic E-state index is 4.85. The Morgan fingerprint density at radius 2 is 1.78 bits per heavy atom. The number of thioether (sulfide) groups is 1. The first-order chi connectivity index (χ1) is 11.2. The van der Waals surface area contributed by atoms with Gasteiger partial charge in [-0.05, 0) is 60.8 Å². The van der Waals surface area contributed by atoms with Crippen molar-refractivity contribution in [2.24, 2.45) is 11.8 Å². The van der Waals surface area contributed by atoms with Crippen molar-refractivity contribution >= 4 is 11.8 Å². The van der Waals surface area contributed by atoms with Gasteiger partial charge in [0.2, 0.25) is 0 Å². The summed E-state index contributed by atoms with van der Waals surface area (Å²) in [5, 5.41) is 0. The lowest BCUT2D eigenvalue weighted by Crippen LogP contribution is -2.17. The van der Waals surface area contributed by atoms with Crippen LogP contribution < -0.4 is 0 Å². The Morgan fingerprint density at radius 1 is 1.04 bits per heavy atom. The molecule has 0 amide bonds. The Labute approximate surface area is 143 Å². The van der Waals surface area contributed by atoms with E-state index in [9.17, 15) is 0 Å². The van der Waals surface area contributed by atoms with E-state index in [1.807, 2.05) is 18.0 Å². The molecule has 0 saturated heterocycles. The predicted octanol–water partition coefficient (Wildman–Crippen LogP) is 5.61. The van der Waals surface area contributed by atoms with Gasteiger partial charge >= 0.3 is 0 Å². The Balaban J connectivity index is 1.73. The lowest BCUT2D eigenvalue weighted by atomic mass is 9.84. The van der Waals surface area contributed by atoms with Crippen molar-refractivity contribution < 1.29 is 0 Å². The third kappa shape index (κ3) is 2.61. The van der Waals surface area contributed by atoms with E-state index >= 15 is 0 Å². The molecule has 1 aromatic carbocycles. The molecule has 2 saturated carbocycles. The Bertz CT molecular complexity index is 670. The van der Waals surface area contributed by atoms with Gasteiger partial charge in [-0.15, -0.1) is 11.8 Å². The minimum absolute atomic E-state index is 0.180. The summed E-state index contributed by atoms with van der Waals surface area (Å²) in [4.78, 5) is 6.19. The van der Waals surface area contributed by atoms with Crippen LogP contribution in [-0.4, -0.2) is 11.2 Å². The van der Waals surface area contributed by atoms with E-state index < -0.39 is 0 Å². The average molecular weight is 324 g/mol. The average Bonchev–Trinajstić information content (AvgIpc) is 3.11. The molecule has 1 heterocycles. The minimum atomic E-state index is 0.180. The van der Waals surface area contributed by atoms with Crippen LogP contribution in [0.5, 0.6) is 0 Å². The van der Waals surface area contributed by atoms with Crippen LogP contribution in [0.2, 0.25) is 0 Å². The highest BCUT2D eigenvalue weighted by atomic mass is 32.2. The molecular formula is C21H25NS. The predicted molar refractivity (Wildman–Crippen MR) is 98.0 cm³/mol. The van der Waals surface area contributed by atoms with Gasteiger partial charge in [-0.1, -0.05) is 43.9 Å². The summed E-state index contributed by atoms with van der Waals surface area (Å²) in [5.41, 5.74) is 4.19. The highest BCUT2D eigenvalue weighted by Crippen LogP contribution is 2.63. The molecule has 2 fully saturated rings. The molecule has 2 aliphatic carbocycles. The first-order valence-corrected chi connectivity index (χ1v) is 10.0. The zero-order valence-electron chi connectivity index (χ0n) is 14.1. The molecule has 0 aliphatic heterocycles. The summed E-state index contributed by atoms with van der Waals surface area (Å²) in [6.07, 6.45) is 11.1. The zero-order chi connectivity index (χ0) is 15.9. The van der Waals surface area contributed by atoms with E-state index in [1.165, 1.54) is 53.8 Å². The van der Waals surface area contributed by atoms with Crippen molar-refractivity contribution in [2.45, 2.75) is 49.3 Å². The third-order valence-electron chi connectivity index (χ3n) is 5.96. The van der Waals surface area contributed by atoms with Crippen molar-refractivity contribution in [3.63, 3.8) is 0 Å². The summed E-state index contributed by atoms with van der Waals surface area (Å²) < 4.78 is 0. The maximum atomic E-state index is 4.85. The maximum Gasteiger partial charge on any atom is 0.0512 e. The second-order valence-corrected chi connectivity index (χ2v) is 8.16. The minimum Gasteiger partial charge on any atom is -0.260 e. The molecule has 0 N–H and O–H groups in total. The quantitative estimate of drug-likeness (QED) is 0.678. The van der Waals surface area contributed by atoms with Gasteiger partial charge in [-0.25, -0.2) is 0 Å². The van der Waals surface area contributed by atoms with E-state index in [4.69, 9.17) is 4.98 Å². The fraction of sp³-hybridized carbons (Fsp3) is 0.476. The Kier molecular flexibility index (Phi) is 3.96. The fourth-order valence-corrected chi connectivity index (χ4v) is 5.02. The van der Waals surface area contributed by atoms with Crippen LogP contribution >= 0.6 is 11.8 Å². The van der Waals surface area contributed by atoms with Gasteiger partial charge in [0.25, 0.3) is 0 Å². The Hall–Kier alpha value is -1.28. The van der Waals surface area contributed by atoms with Crippen LogP contribution in [0.4, 0.5) is 0 Å². The number of hydrogen-bond acceptors (Lipinski definition) is 2. The van der Waals surface area contributed by atoms with Gasteiger partial charge in [0.1, 0.15) is 0 Å². The second kappa shape index (κ2) is 5.98. The summed E-state index contributed by atoms with van der Waals surface area (Å²) in [5.74, 6) is 1.69. The summed E-state index contributed by atoms with van der Waals surface area (Å²) >= 11 is 1.82. The van der Waals surface area contributed by atoms with Gasteiger partial charge in [0.05, 0.1) is 5.69 Å². The molecule has 2 aromatic rings. The van der Waals surface area contributed by atoms with Crippen molar-refractivity contribution in [2.75, 3.05) is 6.26 Å². The number of pyridine rings is 1. The van der Waals surface area contributed by atoms with E-state index in [2.05, 4.69) is 49.6 Å². The van der Waals surface area contributed by atoms with Gasteiger partial charge in [-0.3, -0.25) is 4.98 Å². The molecular weight excluding hydrogens is 298 g/mol. The first-order valence-electron chi connectivity index (χ1n) is 8.82. The molecule has 0 bridgehead atoms. The number of benzene rings is 1. The fourth-order valence-electron chi connectivity index (χ4n) is 4.61. The smallest absolute Gasteiger partial charge is 0.0512 e. The summed E-state index contributed by atoms with van der Waals surface area (Å²) in [7, 11) is 0. The van der Waals surface area contributed by atoms with E-state index in [0.29, 0.717) is 0 Å². The molecule has 0 radical (unpaired) electrons. The number of hydrogen-bond donors (Lipinski definition) is 0. The molecule has 2 unspecified atom stereocenters. The lowest BCUT2D eigenvalue weighted by molar-refractivity contribution is 0.442. The molecule has 0 spiro atoms. The molecule has 2 aliphatic rings. The van der Waals surface area contributed by atoms with Gasteiger partial charge < -0.3 is 0 Å². The summed E-state index contributed by atoms with van der Waals surface area (Å²) in [6, 6.07) is 13.8. The highest BCUT2D eigenvalue weighted by Gasteiger charge is 2.60. The second-order valence-electron chi connectivity index (χ2n) is 7.28. The van der Waals surface area contributed by atoms with Crippen molar-refractivity contribution in [3.05, 3.63) is 59.4 Å². The molecule has 2 heteroatoms. The molecule has 4 rings (SSSR count). The SMILES string of the molecule is CSc1ccc(C2(c3ccc(C)cn3)CC2C2CCCC2)cc1. The van der Waals surface area contributed by atoms with Gasteiger partial charge in [-0.2, -0.15) is 0 Å². The van der Waals surface area contributed by atoms with E-state index in [0.717, 1.165) is 11.8 Å². The number of rotatable bonds is 4. The van der Waals surface area contributed by atoms with Crippen LogP contribution in [0.3, 0.4) is 0 Å². The van der Waals surface area contributed by atoms with Crippen LogP contribution in [0.1, 0.15) is 48.9 Å².